The van der Waals surface area contributed by atoms with E-state index in [0.717, 1.165) is 23.4 Å². The number of rotatable bonds is 1. The number of benzene rings is 1. The Kier molecular flexibility index (Phi) is 2.48. The molecule has 0 unspecified atom stereocenters. The van der Waals surface area contributed by atoms with Crippen molar-refractivity contribution in [2.75, 3.05) is 17.2 Å². The monoisotopic (exact) mass is 239 g/mol. The van der Waals surface area contributed by atoms with Gasteiger partial charge in [0.05, 0.1) is 0 Å². The van der Waals surface area contributed by atoms with Gasteiger partial charge in [-0.3, -0.25) is 9.78 Å². The van der Waals surface area contributed by atoms with E-state index in [0.29, 0.717) is 12.2 Å². The summed E-state index contributed by atoms with van der Waals surface area (Å²) in [7, 11) is 0. The molecule has 90 valence electrons. The number of amides is 1. The first kappa shape index (κ1) is 10.8. The van der Waals surface area contributed by atoms with E-state index in [2.05, 4.69) is 4.98 Å². The van der Waals surface area contributed by atoms with E-state index >= 15 is 0 Å². The van der Waals surface area contributed by atoms with Crippen LogP contribution >= 0.6 is 0 Å². The van der Waals surface area contributed by atoms with Crippen LogP contribution in [0.1, 0.15) is 16.1 Å². The molecule has 1 aliphatic heterocycles. The third-order valence-corrected chi connectivity index (χ3v) is 3.19. The van der Waals surface area contributed by atoms with Gasteiger partial charge < -0.3 is 10.6 Å². The molecule has 1 aromatic carbocycles. The largest absolute Gasteiger partial charge is 0.398 e. The van der Waals surface area contributed by atoms with Crippen molar-refractivity contribution in [1.29, 1.82) is 0 Å². The number of nitrogen functional groups attached to an aromatic ring is 1. The molecule has 0 atom stereocenters. The summed E-state index contributed by atoms with van der Waals surface area (Å²) in [5.41, 5.74) is 9.10. The molecular formula is C14H13N3O. The Morgan fingerprint density at radius 1 is 1.22 bits per heavy atom. The van der Waals surface area contributed by atoms with Gasteiger partial charge in [0.1, 0.15) is 5.69 Å². The molecule has 3 rings (SSSR count). The summed E-state index contributed by atoms with van der Waals surface area (Å²) in [5.74, 6) is -0.0695. The van der Waals surface area contributed by atoms with Crippen LogP contribution in [0.5, 0.6) is 0 Å². The summed E-state index contributed by atoms with van der Waals surface area (Å²) in [5, 5.41) is 0. The molecule has 0 aliphatic carbocycles. The molecule has 2 N–H and O–H groups in total. The second kappa shape index (κ2) is 4.14. The van der Waals surface area contributed by atoms with Gasteiger partial charge in [0.25, 0.3) is 5.91 Å². The SMILES string of the molecule is Nc1cccc2c1CCN2C(=O)c1ccccn1. The second-order valence-electron chi connectivity index (χ2n) is 4.27. The molecule has 0 saturated carbocycles. The lowest BCUT2D eigenvalue weighted by Gasteiger charge is -2.16. The normalized spacial score (nSPS) is 13.4. The van der Waals surface area contributed by atoms with Crippen LogP contribution in [-0.4, -0.2) is 17.4 Å². The van der Waals surface area contributed by atoms with Crippen molar-refractivity contribution in [3.05, 3.63) is 53.9 Å². The van der Waals surface area contributed by atoms with Gasteiger partial charge in [-0.05, 0) is 30.7 Å². The van der Waals surface area contributed by atoms with Crippen LogP contribution in [0.3, 0.4) is 0 Å². The quantitative estimate of drug-likeness (QED) is 0.773. The maximum absolute atomic E-state index is 12.3. The van der Waals surface area contributed by atoms with Crippen LogP contribution in [0.2, 0.25) is 0 Å². The smallest absolute Gasteiger partial charge is 0.276 e. The molecule has 1 amide bonds. The van der Waals surface area contributed by atoms with E-state index in [-0.39, 0.29) is 5.91 Å². The highest BCUT2D eigenvalue weighted by molar-refractivity contribution is 6.06. The molecule has 1 aromatic heterocycles. The van der Waals surface area contributed by atoms with Crippen molar-refractivity contribution < 1.29 is 4.79 Å². The first-order valence-corrected chi connectivity index (χ1v) is 5.87. The number of aromatic nitrogens is 1. The van der Waals surface area contributed by atoms with Crippen molar-refractivity contribution in [3.63, 3.8) is 0 Å². The van der Waals surface area contributed by atoms with E-state index in [1.807, 2.05) is 24.3 Å². The molecule has 18 heavy (non-hydrogen) atoms. The molecule has 4 heteroatoms. The number of anilines is 2. The Bertz CT molecular complexity index is 595. The Morgan fingerprint density at radius 3 is 2.89 bits per heavy atom. The van der Waals surface area contributed by atoms with Crippen molar-refractivity contribution in [1.82, 2.24) is 4.98 Å². The summed E-state index contributed by atoms with van der Waals surface area (Å²) in [4.78, 5) is 18.2. The molecule has 0 fully saturated rings. The maximum Gasteiger partial charge on any atom is 0.276 e. The number of carbonyl (C=O) groups is 1. The third-order valence-electron chi connectivity index (χ3n) is 3.19. The number of carbonyl (C=O) groups excluding carboxylic acids is 1. The lowest BCUT2D eigenvalue weighted by atomic mass is 10.1. The number of fused-ring (bicyclic) bond motifs is 1. The number of pyridine rings is 1. The summed E-state index contributed by atoms with van der Waals surface area (Å²) < 4.78 is 0. The summed E-state index contributed by atoms with van der Waals surface area (Å²) in [6, 6.07) is 11.0. The molecular weight excluding hydrogens is 226 g/mol. The minimum atomic E-state index is -0.0695. The Labute approximate surface area is 105 Å². The summed E-state index contributed by atoms with van der Waals surface area (Å²) in [6.07, 6.45) is 2.43. The van der Waals surface area contributed by atoms with E-state index in [1.165, 1.54) is 0 Å². The van der Waals surface area contributed by atoms with E-state index in [9.17, 15) is 4.79 Å². The highest BCUT2D eigenvalue weighted by Crippen LogP contribution is 2.32. The average molecular weight is 239 g/mol. The number of nitrogens with two attached hydrogens (primary N) is 1. The van der Waals surface area contributed by atoms with Crippen LogP contribution in [0, 0.1) is 0 Å². The standard InChI is InChI=1S/C14H13N3O/c15-11-4-3-6-13-10(11)7-9-17(13)14(18)12-5-1-2-8-16-12/h1-6,8H,7,9,15H2. The van der Waals surface area contributed by atoms with E-state index < -0.39 is 0 Å². The number of nitrogens with zero attached hydrogens (tertiary/aromatic N) is 2. The van der Waals surface area contributed by atoms with Gasteiger partial charge in [0, 0.05) is 29.7 Å². The van der Waals surface area contributed by atoms with Crippen LogP contribution in [0.25, 0.3) is 0 Å². The van der Waals surface area contributed by atoms with E-state index in [1.54, 1.807) is 23.2 Å². The summed E-state index contributed by atoms with van der Waals surface area (Å²) >= 11 is 0. The zero-order chi connectivity index (χ0) is 12.5. The number of hydrogen-bond acceptors (Lipinski definition) is 3. The average Bonchev–Trinajstić information content (AvgIpc) is 2.84. The van der Waals surface area contributed by atoms with Crippen LogP contribution in [0.15, 0.2) is 42.6 Å². The van der Waals surface area contributed by atoms with Crippen LogP contribution in [0.4, 0.5) is 11.4 Å². The lowest BCUT2D eigenvalue weighted by molar-refractivity contribution is 0.0984. The lowest BCUT2D eigenvalue weighted by Crippen LogP contribution is -2.29. The van der Waals surface area contributed by atoms with Gasteiger partial charge in [-0.25, -0.2) is 0 Å². The van der Waals surface area contributed by atoms with Gasteiger partial charge in [0.15, 0.2) is 0 Å². The van der Waals surface area contributed by atoms with Crippen molar-refractivity contribution in [3.8, 4) is 0 Å². The molecule has 0 radical (unpaired) electrons. The Morgan fingerprint density at radius 2 is 2.11 bits per heavy atom. The highest BCUT2D eigenvalue weighted by atomic mass is 16.2. The van der Waals surface area contributed by atoms with E-state index in [4.69, 9.17) is 5.73 Å². The Balaban J connectivity index is 1.98. The van der Waals surface area contributed by atoms with Crippen molar-refractivity contribution in [2.24, 2.45) is 0 Å². The maximum atomic E-state index is 12.3. The van der Waals surface area contributed by atoms with Gasteiger partial charge >= 0.3 is 0 Å². The Hall–Kier alpha value is -2.36. The zero-order valence-electron chi connectivity index (χ0n) is 9.84. The third kappa shape index (κ3) is 1.62. The van der Waals surface area contributed by atoms with Crippen LogP contribution < -0.4 is 10.6 Å². The fourth-order valence-corrected chi connectivity index (χ4v) is 2.30. The first-order chi connectivity index (χ1) is 8.77. The predicted molar refractivity (Wildman–Crippen MR) is 70.5 cm³/mol. The molecule has 4 nitrogen and oxygen atoms in total. The summed E-state index contributed by atoms with van der Waals surface area (Å²) in [6.45, 7) is 0.666. The fourth-order valence-electron chi connectivity index (χ4n) is 2.30. The molecule has 0 saturated heterocycles. The van der Waals surface area contributed by atoms with Crippen molar-refractivity contribution in [2.45, 2.75) is 6.42 Å². The van der Waals surface area contributed by atoms with Gasteiger partial charge in [0.2, 0.25) is 0 Å². The minimum absolute atomic E-state index is 0.0695. The molecule has 0 spiro atoms. The van der Waals surface area contributed by atoms with Crippen molar-refractivity contribution >= 4 is 17.3 Å². The van der Waals surface area contributed by atoms with Crippen LogP contribution in [-0.2, 0) is 6.42 Å². The van der Waals surface area contributed by atoms with Gasteiger partial charge in [-0.1, -0.05) is 12.1 Å². The zero-order valence-corrected chi connectivity index (χ0v) is 9.84. The fraction of sp³-hybridized carbons (Fsp3) is 0.143. The topological polar surface area (TPSA) is 59.2 Å². The van der Waals surface area contributed by atoms with Gasteiger partial charge in [-0.15, -0.1) is 0 Å². The van der Waals surface area contributed by atoms with Gasteiger partial charge in [-0.2, -0.15) is 0 Å². The molecule has 2 heterocycles. The number of hydrogen-bond donors (Lipinski definition) is 1. The predicted octanol–water partition coefficient (Wildman–Crippen LogP) is 1.87. The minimum Gasteiger partial charge on any atom is -0.398 e. The molecule has 2 aromatic rings. The highest BCUT2D eigenvalue weighted by Gasteiger charge is 2.27. The first-order valence-electron chi connectivity index (χ1n) is 5.87. The molecule has 0 bridgehead atoms. The molecule has 1 aliphatic rings. The second-order valence-corrected chi connectivity index (χ2v) is 4.27.